The fourth-order valence-corrected chi connectivity index (χ4v) is 1.29. The predicted octanol–water partition coefficient (Wildman–Crippen LogP) is 2.23. The molecule has 0 unspecified atom stereocenters. The number of ketones is 1. The van der Waals surface area contributed by atoms with Crippen LogP contribution in [0.4, 0.5) is 0 Å². The molecule has 0 aromatic rings. The van der Waals surface area contributed by atoms with Gasteiger partial charge in [-0.3, -0.25) is 9.69 Å². The third kappa shape index (κ3) is 9.42. The van der Waals surface area contributed by atoms with Crippen molar-refractivity contribution in [2.75, 3.05) is 19.6 Å². The summed E-state index contributed by atoms with van der Waals surface area (Å²) >= 11 is 0. The summed E-state index contributed by atoms with van der Waals surface area (Å²) < 4.78 is 0. The van der Waals surface area contributed by atoms with Gasteiger partial charge in [0.15, 0.2) is 0 Å². The lowest BCUT2D eigenvalue weighted by Gasteiger charge is -2.25. The Morgan fingerprint density at radius 1 is 1.33 bits per heavy atom. The SMILES string of the molecule is CC(=O)CN(CCC#N)CCC(C)(C)C. The third-order valence-electron chi connectivity index (χ3n) is 2.16. The molecule has 3 nitrogen and oxygen atoms in total. The molecule has 15 heavy (non-hydrogen) atoms. The van der Waals surface area contributed by atoms with E-state index in [1.807, 2.05) is 0 Å². The molecule has 0 spiro atoms. The number of nitrogens with zero attached hydrogens (tertiary/aromatic N) is 2. The molecule has 0 aromatic heterocycles. The molecule has 0 rings (SSSR count). The van der Waals surface area contributed by atoms with Gasteiger partial charge in [-0.2, -0.15) is 5.26 Å². The monoisotopic (exact) mass is 210 g/mol. The zero-order valence-corrected chi connectivity index (χ0v) is 10.3. The summed E-state index contributed by atoms with van der Waals surface area (Å²) in [6.45, 7) is 10.2. The van der Waals surface area contributed by atoms with Crippen LogP contribution in [0.25, 0.3) is 0 Å². The summed E-state index contributed by atoms with van der Waals surface area (Å²) in [5.74, 6) is 0.168. The first kappa shape index (κ1) is 14.1. The van der Waals surface area contributed by atoms with E-state index in [2.05, 4.69) is 31.7 Å². The zero-order chi connectivity index (χ0) is 11.9. The van der Waals surface area contributed by atoms with Gasteiger partial charge in [0.25, 0.3) is 0 Å². The van der Waals surface area contributed by atoms with Gasteiger partial charge in [-0.05, 0) is 25.3 Å². The number of carbonyl (C=O) groups is 1. The molecule has 0 heterocycles. The minimum absolute atomic E-state index is 0.168. The predicted molar refractivity (Wildman–Crippen MR) is 61.4 cm³/mol. The Hall–Kier alpha value is -0.880. The van der Waals surface area contributed by atoms with Gasteiger partial charge in [0.1, 0.15) is 5.78 Å². The number of Topliss-reactive ketones (excluding diaryl/α,β-unsaturated/α-hetero) is 1. The third-order valence-corrected chi connectivity index (χ3v) is 2.16. The summed E-state index contributed by atoms with van der Waals surface area (Å²) in [4.78, 5) is 13.1. The van der Waals surface area contributed by atoms with E-state index < -0.39 is 0 Å². The van der Waals surface area contributed by atoms with Crippen LogP contribution in [0.15, 0.2) is 0 Å². The second-order valence-corrected chi connectivity index (χ2v) is 5.20. The molecule has 0 amide bonds. The molecule has 0 aliphatic rings. The maximum atomic E-state index is 11.0. The van der Waals surface area contributed by atoms with Gasteiger partial charge >= 0.3 is 0 Å². The van der Waals surface area contributed by atoms with Gasteiger partial charge in [0.05, 0.1) is 12.6 Å². The molecule has 0 N–H and O–H groups in total. The van der Waals surface area contributed by atoms with Crippen LogP contribution in [-0.2, 0) is 4.79 Å². The Morgan fingerprint density at radius 3 is 2.33 bits per heavy atom. The van der Waals surface area contributed by atoms with Crippen molar-refractivity contribution in [3.8, 4) is 6.07 Å². The molecule has 0 saturated carbocycles. The summed E-state index contributed by atoms with van der Waals surface area (Å²) in [5.41, 5.74) is 0.279. The van der Waals surface area contributed by atoms with E-state index in [4.69, 9.17) is 5.26 Å². The van der Waals surface area contributed by atoms with Crippen LogP contribution < -0.4 is 0 Å². The second kappa shape index (κ2) is 6.58. The topological polar surface area (TPSA) is 44.1 Å². The maximum absolute atomic E-state index is 11.0. The van der Waals surface area contributed by atoms with E-state index in [1.165, 1.54) is 0 Å². The summed E-state index contributed by atoms with van der Waals surface area (Å²) in [6, 6.07) is 2.12. The summed E-state index contributed by atoms with van der Waals surface area (Å²) in [5, 5.41) is 8.52. The van der Waals surface area contributed by atoms with E-state index in [1.54, 1.807) is 6.92 Å². The number of hydrogen-bond acceptors (Lipinski definition) is 3. The van der Waals surface area contributed by atoms with Gasteiger partial charge in [-0.1, -0.05) is 20.8 Å². The highest BCUT2D eigenvalue weighted by molar-refractivity contribution is 5.77. The quantitative estimate of drug-likeness (QED) is 0.675. The van der Waals surface area contributed by atoms with Gasteiger partial charge in [0, 0.05) is 13.0 Å². The highest BCUT2D eigenvalue weighted by atomic mass is 16.1. The van der Waals surface area contributed by atoms with E-state index >= 15 is 0 Å². The lowest BCUT2D eigenvalue weighted by molar-refractivity contribution is -0.118. The van der Waals surface area contributed by atoms with Gasteiger partial charge < -0.3 is 0 Å². The van der Waals surface area contributed by atoms with Gasteiger partial charge in [-0.15, -0.1) is 0 Å². The first-order valence-corrected chi connectivity index (χ1v) is 5.44. The Morgan fingerprint density at radius 2 is 1.93 bits per heavy atom. The van der Waals surface area contributed by atoms with E-state index in [0.717, 1.165) is 13.0 Å². The Balaban J connectivity index is 4.01. The number of nitriles is 1. The van der Waals surface area contributed by atoms with E-state index in [9.17, 15) is 4.79 Å². The van der Waals surface area contributed by atoms with Crippen LogP contribution in [0, 0.1) is 16.7 Å². The van der Waals surface area contributed by atoms with Crippen molar-refractivity contribution in [3.63, 3.8) is 0 Å². The number of carbonyl (C=O) groups excluding carboxylic acids is 1. The molecule has 3 heteroatoms. The Kier molecular flexibility index (Phi) is 6.19. The summed E-state index contributed by atoms with van der Waals surface area (Å²) in [6.07, 6.45) is 1.54. The smallest absolute Gasteiger partial charge is 0.143 e. The minimum Gasteiger partial charge on any atom is -0.299 e. The highest BCUT2D eigenvalue weighted by Crippen LogP contribution is 2.18. The lowest BCUT2D eigenvalue weighted by atomic mass is 9.92. The van der Waals surface area contributed by atoms with E-state index in [0.29, 0.717) is 19.5 Å². The molecule has 0 aromatic carbocycles. The Labute approximate surface area is 93.1 Å². The molecular weight excluding hydrogens is 188 g/mol. The van der Waals surface area contributed by atoms with Crippen LogP contribution in [0.5, 0.6) is 0 Å². The van der Waals surface area contributed by atoms with Crippen molar-refractivity contribution in [3.05, 3.63) is 0 Å². The number of hydrogen-bond donors (Lipinski definition) is 0. The van der Waals surface area contributed by atoms with Crippen LogP contribution in [0.3, 0.4) is 0 Å². The minimum atomic E-state index is 0.168. The van der Waals surface area contributed by atoms with Gasteiger partial charge in [0.2, 0.25) is 0 Å². The summed E-state index contributed by atoms with van der Waals surface area (Å²) in [7, 11) is 0. The van der Waals surface area contributed by atoms with Crippen molar-refractivity contribution in [1.82, 2.24) is 4.90 Å². The first-order chi connectivity index (χ1) is 6.85. The van der Waals surface area contributed by atoms with E-state index in [-0.39, 0.29) is 11.2 Å². The molecule has 0 aliphatic carbocycles. The van der Waals surface area contributed by atoms with Crippen molar-refractivity contribution < 1.29 is 4.79 Å². The highest BCUT2D eigenvalue weighted by Gasteiger charge is 2.14. The average molecular weight is 210 g/mol. The molecule has 0 fully saturated rings. The van der Waals surface area contributed by atoms with Crippen molar-refractivity contribution in [2.24, 2.45) is 5.41 Å². The zero-order valence-electron chi connectivity index (χ0n) is 10.3. The largest absolute Gasteiger partial charge is 0.299 e. The molecule has 0 bridgehead atoms. The normalized spacial score (nSPS) is 11.5. The van der Waals surface area contributed by atoms with Gasteiger partial charge in [-0.25, -0.2) is 0 Å². The molecule has 0 radical (unpaired) electrons. The molecule has 0 atom stereocenters. The molecule has 0 saturated heterocycles. The van der Waals surface area contributed by atoms with Crippen LogP contribution in [-0.4, -0.2) is 30.3 Å². The maximum Gasteiger partial charge on any atom is 0.143 e. The van der Waals surface area contributed by atoms with Crippen LogP contribution >= 0.6 is 0 Å². The molecule has 86 valence electrons. The Bertz CT molecular complexity index is 235. The van der Waals surface area contributed by atoms with Crippen LogP contribution in [0.1, 0.15) is 40.5 Å². The van der Waals surface area contributed by atoms with Crippen LogP contribution in [0.2, 0.25) is 0 Å². The average Bonchev–Trinajstić information content (AvgIpc) is 2.07. The fraction of sp³-hybridized carbons (Fsp3) is 0.833. The van der Waals surface area contributed by atoms with Crippen molar-refractivity contribution >= 4 is 5.78 Å². The second-order valence-electron chi connectivity index (χ2n) is 5.20. The lowest BCUT2D eigenvalue weighted by Crippen LogP contribution is -2.32. The number of rotatable bonds is 6. The fourth-order valence-electron chi connectivity index (χ4n) is 1.29. The molecular formula is C12H22N2O. The first-order valence-electron chi connectivity index (χ1n) is 5.44. The van der Waals surface area contributed by atoms with Crippen molar-refractivity contribution in [2.45, 2.75) is 40.5 Å². The van der Waals surface area contributed by atoms with Crippen molar-refractivity contribution in [1.29, 1.82) is 5.26 Å². The molecule has 0 aliphatic heterocycles. The standard InChI is InChI=1S/C12H22N2O/c1-11(15)10-14(8-5-7-13)9-6-12(2,3)4/h5-6,8-10H2,1-4H3.